The van der Waals surface area contributed by atoms with Crippen molar-refractivity contribution in [1.29, 1.82) is 0 Å². The summed E-state index contributed by atoms with van der Waals surface area (Å²) in [4.78, 5) is 0. The standard InChI is InChI=1S/C14H17/c1-3-6-12-9-11(2)10-13-7-4-5-8-14(12)13/h4-5,7-8,10H,3,6,9H2,1-2H3. The molecule has 14 heavy (non-hydrogen) atoms. The molecule has 0 nitrogen and oxygen atoms in total. The molecular formula is C14H17. The Morgan fingerprint density at radius 3 is 2.79 bits per heavy atom. The Hall–Kier alpha value is -1.04. The van der Waals surface area contributed by atoms with Crippen LogP contribution in [0.3, 0.4) is 0 Å². The van der Waals surface area contributed by atoms with E-state index < -0.39 is 0 Å². The summed E-state index contributed by atoms with van der Waals surface area (Å²) in [7, 11) is 0. The first-order valence-corrected chi connectivity index (χ1v) is 5.42. The maximum absolute atomic E-state index is 2.31. The van der Waals surface area contributed by atoms with Crippen molar-refractivity contribution in [3.63, 3.8) is 0 Å². The molecule has 0 amide bonds. The topological polar surface area (TPSA) is 0 Å². The minimum atomic E-state index is 1.17. The zero-order chi connectivity index (χ0) is 9.97. The number of fused-ring (bicyclic) bond motifs is 1. The maximum Gasteiger partial charge on any atom is 0.00960 e. The molecule has 1 aliphatic rings. The first kappa shape index (κ1) is 9.51. The summed E-state index contributed by atoms with van der Waals surface area (Å²) in [6.45, 7) is 4.48. The lowest BCUT2D eigenvalue weighted by Crippen LogP contribution is -2.06. The molecule has 0 aliphatic heterocycles. The number of rotatable bonds is 2. The smallest absolute Gasteiger partial charge is 0.00960 e. The van der Waals surface area contributed by atoms with Gasteiger partial charge in [-0.1, -0.05) is 49.3 Å². The van der Waals surface area contributed by atoms with Gasteiger partial charge in [-0.3, -0.25) is 0 Å². The molecule has 0 unspecified atom stereocenters. The second-order valence-electron chi connectivity index (χ2n) is 4.11. The third-order valence-electron chi connectivity index (χ3n) is 2.79. The van der Waals surface area contributed by atoms with E-state index in [1.54, 1.807) is 5.92 Å². The Bertz CT molecular complexity index is 347. The molecule has 1 aromatic carbocycles. The Balaban J connectivity index is 2.37. The van der Waals surface area contributed by atoms with E-state index >= 15 is 0 Å². The van der Waals surface area contributed by atoms with Crippen molar-refractivity contribution in [2.24, 2.45) is 0 Å². The molecule has 0 saturated carbocycles. The van der Waals surface area contributed by atoms with Crippen LogP contribution in [-0.4, -0.2) is 0 Å². The van der Waals surface area contributed by atoms with Gasteiger partial charge in [-0.2, -0.15) is 0 Å². The second-order valence-corrected chi connectivity index (χ2v) is 4.11. The summed E-state index contributed by atoms with van der Waals surface area (Å²) in [6.07, 6.45) is 5.97. The predicted molar refractivity (Wildman–Crippen MR) is 62.0 cm³/mol. The molecule has 0 heterocycles. The van der Waals surface area contributed by atoms with Gasteiger partial charge in [0.1, 0.15) is 0 Å². The van der Waals surface area contributed by atoms with Gasteiger partial charge in [-0.25, -0.2) is 0 Å². The highest BCUT2D eigenvalue weighted by Crippen LogP contribution is 2.35. The largest absolute Gasteiger partial charge is 0.0718 e. The number of hydrogen-bond acceptors (Lipinski definition) is 0. The third kappa shape index (κ3) is 1.75. The first-order valence-electron chi connectivity index (χ1n) is 5.42. The average molecular weight is 185 g/mol. The number of hydrogen-bond donors (Lipinski definition) is 0. The summed E-state index contributed by atoms with van der Waals surface area (Å²) >= 11 is 0. The Morgan fingerprint density at radius 1 is 1.21 bits per heavy atom. The minimum Gasteiger partial charge on any atom is -0.0718 e. The van der Waals surface area contributed by atoms with Gasteiger partial charge >= 0.3 is 0 Å². The zero-order valence-corrected chi connectivity index (χ0v) is 9.01. The summed E-state index contributed by atoms with van der Waals surface area (Å²) < 4.78 is 0. The third-order valence-corrected chi connectivity index (χ3v) is 2.79. The van der Waals surface area contributed by atoms with Crippen molar-refractivity contribution in [3.05, 3.63) is 46.9 Å². The van der Waals surface area contributed by atoms with E-state index in [9.17, 15) is 0 Å². The van der Waals surface area contributed by atoms with Crippen molar-refractivity contribution >= 4 is 6.08 Å². The highest BCUT2D eigenvalue weighted by atomic mass is 14.2. The molecule has 0 aromatic heterocycles. The Morgan fingerprint density at radius 2 is 2.00 bits per heavy atom. The SMILES string of the molecule is CCC[C]1CC(C)=Cc2ccccc21. The average Bonchev–Trinajstić information content (AvgIpc) is 2.18. The molecule has 0 N–H and O–H groups in total. The zero-order valence-electron chi connectivity index (χ0n) is 9.01. The summed E-state index contributed by atoms with van der Waals surface area (Å²) in [6, 6.07) is 8.73. The molecule has 73 valence electrons. The van der Waals surface area contributed by atoms with Crippen LogP contribution >= 0.6 is 0 Å². The van der Waals surface area contributed by atoms with Crippen LogP contribution in [-0.2, 0) is 0 Å². The summed E-state index contributed by atoms with van der Waals surface area (Å²) in [5.74, 6) is 1.61. The van der Waals surface area contributed by atoms with Crippen LogP contribution in [0.25, 0.3) is 6.08 Å². The van der Waals surface area contributed by atoms with E-state index in [0.717, 1.165) is 0 Å². The van der Waals surface area contributed by atoms with Crippen LogP contribution in [0.1, 0.15) is 44.2 Å². The molecule has 0 bridgehead atoms. The van der Waals surface area contributed by atoms with Gasteiger partial charge < -0.3 is 0 Å². The van der Waals surface area contributed by atoms with Gasteiger partial charge in [0.15, 0.2) is 0 Å². The molecule has 1 aliphatic carbocycles. The Kier molecular flexibility index (Phi) is 2.72. The predicted octanol–water partition coefficient (Wildman–Crippen LogP) is 4.22. The fourth-order valence-electron chi connectivity index (χ4n) is 2.22. The van der Waals surface area contributed by atoms with E-state index in [2.05, 4.69) is 44.2 Å². The van der Waals surface area contributed by atoms with Crippen LogP contribution < -0.4 is 0 Å². The maximum atomic E-state index is 2.31. The summed E-state index contributed by atoms with van der Waals surface area (Å²) in [5, 5.41) is 0. The molecule has 0 atom stereocenters. The van der Waals surface area contributed by atoms with Crippen LogP contribution in [0, 0.1) is 5.92 Å². The van der Waals surface area contributed by atoms with Crippen molar-refractivity contribution in [1.82, 2.24) is 0 Å². The highest BCUT2D eigenvalue weighted by molar-refractivity contribution is 5.64. The van der Waals surface area contributed by atoms with Crippen LogP contribution in [0.2, 0.25) is 0 Å². The quantitative estimate of drug-likeness (QED) is 0.647. The number of allylic oxidation sites excluding steroid dienone is 1. The molecule has 2 rings (SSSR count). The van der Waals surface area contributed by atoms with E-state index in [1.165, 1.54) is 36.0 Å². The first-order chi connectivity index (χ1) is 6.81. The van der Waals surface area contributed by atoms with Crippen LogP contribution in [0.5, 0.6) is 0 Å². The van der Waals surface area contributed by atoms with Crippen LogP contribution in [0.4, 0.5) is 0 Å². The van der Waals surface area contributed by atoms with Crippen molar-refractivity contribution in [2.75, 3.05) is 0 Å². The minimum absolute atomic E-state index is 1.17. The van der Waals surface area contributed by atoms with Gasteiger partial charge in [-0.05, 0) is 30.9 Å². The lowest BCUT2D eigenvalue weighted by Gasteiger charge is -2.23. The van der Waals surface area contributed by atoms with Gasteiger partial charge in [0.05, 0.1) is 0 Å². The number of benzene rings is 1. The fourth-order valence-corrected chi connectivity index (χ4v) is 2.22. The van der Waals surface area contributed by atoms with Gasteiger partial charge in [0.25, 0.3) is 0 Å². The second kappa shape index (κ2) is 4.00. The lowest BCUT2D eigenvalue weighted by atomic mass is 9.81. The van der Waals surface area contributed by atoms with Crippen LogP contribution in [0.15, 0.2) is 29.8 Å². The molecule has 1 aromatic rings. The van der Waals surface area contributed by atoms with Crippen molar-refractivity contribution in [3.8, 4) is 0 Å². The molecule has 0 heteroatoms. The van der Waals surface area contributed by atoms with Gasteiger partial charge in [0.2, 0.25) is 0 Å². The van der Waals surface area contributed by atoms with E-state index in [0.29, 0.717) is 0 Å². The van der Waals surface area contributed by atoms with Gasteiger partial charge in [-0.15, -0.1) is 0 Å². The normalized spacial score (nSPS) is 16.3. The van der Waals surface area contributed by atoms with Crippen molar-refractivity contribution in [2.45, 2.75) is 33.1 Å². The monoisotopic (exact) mass is 185 g/mol. The van der Waals surface area contributed by atoms with E-state index in [-0.39, 0.29) is 0 Å². The molecule has 0 spiro atoms. The molecule has 1 radical (unpaired) electrons. The molecule has 0 fully saturated rings. The molecular weight excluding hydrogens is 168 g/mol. The van der Waals surface area contributed by atoms with Crippen molar-refractivity contribution < 1.29 is 0 Å². The Labute approximate surface area is 86.7 Å². The van der Waals surface area contributed by atoms with E-state index in [4.69, 9.17) is 0 Å². The highest BCUT2D eigenvalue weighted by Gasteiger charge is 2.18. The van der Waals surface area contributed by atoms with Gasteiger partial charge in [0, 0.05) is 5.92 Å². The van der Waals surface area contributed by atoms with E-state index in [1.807, 2.05) is 0 Å². The molecule has 0 saturated heterocycles. The summed E-state index contributed by atoms with van der Waals surface area (Å²) in [5.41, 5.74) is 4.37. The fraction of sp³-hybridized carbons (Fsp3) is 0.357. The lowest BCUT2D eigenvalue weighted by molar-refractivity contribution is 0.773.